The quantitative estimate of drug-likeness (QED) is 0.494. The van der Waals surface area contributed by atoms with Gasteiger partial charge in [0.1, 0.15) is 0 Å². The normalized spacial score (nSPS) is 11.6. The number of rotatable bonds is 7. The van der Waals surface area contributed by atoms with Gasteiger partial charge in [-0.25, -0.2) is 0 Å². The highest BCUT2D eigenvalue weighted by Crippen LogP contribution is 2.27. The van der Waals surface area contributed by atoms with Crippen LogP contribution in [0.4, 0.5) is 0 Å². The highest BCUT2D eigenvalue weighted by Gasteiger charge is 2.14. The molecular formula is C12H23. The van der Waals surface area contributed by atoms with Crippen LogP contribution in [0.5, 0.6) is 0 Å². The molecule has 12 heavy (non-hydrogen) atoms. The van der Waals surface area contributed by atoms with Gasteiger partial charge in [-0.3, -0.25) is 0 Å². The van der Waals surface area contributed by atoms with Crippen LogP contribution in [0.2, 0.25) is 0 Å². The van der Waals surface area contributed by atoms with Gasteiger partial charge in [0.2, 0.25) is 0 Å². The Morgan fingerprint density at radius 1 is 1.17 bits per heavy atom. The molecule has 0 aliphatic carbocycles. The van der Waals surface area contributed by atoms with E-state index in [4.69, 9.17) is 6.58 Å². The van der Waals surface area contributed by atoms with E-state index in [1.165, 1.54) is 32.1 Å². The second-order valence-corrected chi connectivity index (χ2v) is 4.41. The molecule has 71 valence electrons. The Balaban J connectivity index is 3.39. The van der Waals surface area contributed by atoms with Gasteiger partial charge in [0.15, 0.2) is 0 Å². The van der Waals surface area contributed by atoms with E-state index in [0.717, 1.165) is 6.42 Å². The molecule has 0 aromatic carbocycles. The van der Waals surface area contributed by atoms with E-state index >= 15 is 0 Å². The third kappa shape index (κ3) is 6.45. The van der Waals surface area contributed by atoms with Gasteiger partial charge in [-0.05, 0) is 18.3 Å². The van der Waals surface area contributed by atoms with Crippen molar-refractivity contribution >= 4 is 0 Å². The monoisotopic (exact) mass is 167 g/mol. The van der Waals surface area contributed by atoms with Gasteiger partial charge in [0, 0.05) is 0 Å². The van der Waals surface area contributed by atoms with Gasteiger partial charge in [-0.2, -0.15) is 0 Å². The minimum atomic E-state index is 0.419. The van der Waals surface area contributed by atoms with Gasteiger partial charge in [0.25, 0.3) is 0 Å². The largest absolute Gasteiger partial charge is 0.0840 e. The standard InChI is InChI=1S/C12H23/c1-5-7-8-9-11-12(3,4)10-6-2/h2,6H,5,7-11H2,1,3-4H3. The predicted molar refractivity (Wildman–Crippen MR) is 56.0 cm³/mol. The molecule has 0 N–H and O–H groups in total. The Hall–Kier alpha value is -0.260. The molecule has 0 unspecified atom stereocenters. The van der Waals surface area contributed by atoms with Crippen LogP contribution < -0.4 is 0 Å². The summed E-state index contributed by atoms with van der Waals surface area (Å²) in [4.78, 5) is 0. The second-order valence-electron chi connectivity index (χ2n) is 4.41. The third-order valence-corrected chi connectivity index (χ3v) is 2.38. The summed E-state index contributed by atoms with van der Waals surface area (Å²) in [5, 5.41) is 0. The fourth-order valence-corrected chi connectivity index (χ4v) is 1.45. The summed E-state index contributed by atoms with van der Waals surface area (Å²) in [6.45, 7) is 12.3. The van der Waals surface area contributed by atoms with Crippen LogP contribution in [0, 0.1) is 12.0 Å². The number of hydrogen-bond donors (Lipinski definition) is 0. The van der Waals surface area contributed by atoms with Crippen molar-refractivity contribution in [2.24, 2.45) is 5.41 Å². The van der Waals surface area contributed by atoms with Crippen LogP contribution in [0.3, 0.4) is 0 Å². The Labute approximate surface area is 78.1 Å². The molecule has 0 fully saturated rings. The molecule has 0 saturated heterocycles. The van der Waals surface area contributed by atoms with E-state index in [1.807, 2.05) is 0 Å². The van der Waals surface area contributed by atoms with E-state index < -0.39 is 0 Å². The molecule has 1 radical (unpaired) electrons. The molecule has 0 heteroatoms. The summed E-state index contributed by atoms with van der Waals surface area (Å²) in [6.07, 6.45) is 9.57. The van der Waals surface area contributed by atoms with Gasteiger partial charge < -0.3 is 0 Å². The maximum Gasteiger partial charge on any atom is -0.0296 e. The summed E-state index contributed by atoms with van der Waals surface area (Å²) >= 11 is 0. The van der Waals surface area contributed by atoms with Crippen LogP contribution in [-0.4, -0.2) is 0 Å². The third-order valence-electron chi connectivity index (χ3n) is 2.38. The van der Waals surface area contributed by atoms with E-state index in [0.29, 0.717) is 5.41 Å². The molecule has 0 atom stereocenters. The van der Waals surface area contributed by atoms with Crippen LogP contribution >= 0.6 is 0 Å². The minimum Gasteiger partial charge on any atom is -0.0840 e. The van der Waals surface area contributed by atoms with Crippen LogP contribution in [0.15, 0.2) is 6.08 Å². The van der Waals surface area contributed by atoms with Crippen LogP contribution in [0.25, 0.3) is 0 Å². The highest BCUT2D eigenvalue weighted by molar-refractivity contribution is 4.77. The summed E-state index contributed by atoms with van der Waals surface area (Å²) < 4.78 is 0. The predicted octanol–water partition coefficient (Wildman–Crippen LogP) is 4.36. The summed E-state index contributed by atoms with van der Waals surface area (Å²) in [5.41, 5.74) is 0.419. The first-order valence-corrected chi connectivity index (χ1v) is 5.16. The topological polar surface area (TPSA) is 0 Å². The average molecular weight is 167 g/mol. The number of hydrogen-bond acceptors (Lipinski definition) is 0. The van der Waals surface area contributed by atoms with Crippen molar-refractivity contribution in [2.45, 2.75) is 59.3 Å². The fourth-order valence-electron chi connectivity index (χ4n) is 1.45. The average Bonchev–Trinajstić information content (AvgIpc) is 1.98. The van der Waals surface area contributed by atoms with Gasteiger partial charge in [-0.1, -0.05) is 59.1 Å². The van der Waals surface area contributed by atoms with Crippen LogP contribution in [-0.2, 0) is 0 Å². The Kier molecular flexibility index (Phi) is 6.14. The van der Waals surface area contributed by atoms with Gasteiger partial charge >= 0.3 is 0 Å². The Morgan fingerprint density at radius 3 is 2.33 bits per heavy atom. The Bertz CT molecular complexity index is 111. The molecule has 0 aromatic rings. The molecule has 0 spiro atoms. The van der Waals surface area contributed by atoms with E-state index in [1.54, 1.807) is 6.08 Å². The van der Waals surface area contributed by atoms with Gasteiger partial charge in [-0.15, -0.1) is 0 Å². The van der Waals surface area contributed by atoms with Gasteiger partial charge in [0.05, 0.1) is 0 Å². The smallest absolute Gasteiger partial charge is 0.0296 e. The highest BCUT2D eigenvalue weighted by atomic mass is 14.2. The summed E-state index contributed by atoms with van der Waals surface area (Å²) in [6, 6.07) is 0. The second kappa shape index (κ2) is 6.28. The first kappa shape index (κ1) is 11.7. The van der Waals surface area contributed by atoms with Crippen molar-refractivity contribution in [1.82, 2.24) is 0 Å². The molecule has 0 nitrogen and oxygen atoms in total. The molecule has 0 bridgehead atoms. The molecule has 0 amide bonds. The maximum atomic E-state index is 5.42. The SMILES string of the molecule is [CH]=CCC(C)(C)CCCCCC. The minimum absolute atomic E-state index is 0.419. The summed E-state index contributed by atoms with van der Waals surface area (Å²) in [5.74, 6) is 0. The zero-order chi connectivity index (χ0) is 9.45. The lowest BCUT2D eigenvalue weighted by Crippen LogP contribution is -2.09. The number of unbranched alkanes of at least 4 members (excludes halogenated alkanes) is 3. The van der Waals surface area contributed by atoms with Crippen LogP contribution in [0.1, 0.15) is 59.3 Å². The molecule has 0 heterocycles. The molecular weight excluding hydrogens is 144 g/mol. The van der Waals surface area contributed by atoms with Crippen molar-refractivity contribution in [3.63, 3.8) is 0 Å². The molecule has 0 saturated carbocycles. The first-order chi connectivity index (χ1) is 5.62. The lowest BCUT2D eigenvalue weighted by Gasteiger charge is -2.22. The van der Waals surface area contributed by atoms with Crippen molar-refractivity contribution in [3.8, 4) is 0 Å². The zero-order valence-electron chi connectivity index (χ0n) is 8.90. The molecule has 0 rings (SSSR count). The van der Waals surface area contributed by atoms with Crippen molar-refractivity contribution < 1.29 is 0 Å². The molecule has 0 aliphatic rings. The summed E-state index contributed by atoms with van der Waals surface area (Å²) in [7, 11) is 0. The van der Waals surface area contributed by atoms with Crippen molar-refractivity contribution in [2.75, 3.05) is 0 Å². The van der Waals surface area contributed by atoms with Crippen molar-refractivity contribution in [3.05, 3.63) is 12.7 Å². The Morgan fingerprint density at radius 2 is 1.83 bits per heavy atom. The maximum absolute atomic E-state index is 5.42. The lowest BCUT2D eigenvalue weighted by molar-refractivity contribution is 0.323. The van der Waals surface area contributed by atoms with Crippen molar-refractivity contribution in [1.29, 1.82) is 0 Å². The number of allylic oxidation sites excluding steroid dienone is 1. The first-order valence-electron chi connectivity index (χ1n) is 5.16. The van der Waals surface area contributed by atoms with E-state index in [2.05, 4.69) is 20.8 Å². The van der Waals surface area contributed by atoms with E-state index in [-0.39, 0.29) is 0 Å². The fraction of sp³-hybridized carbons (Fsp3) is 0.833. The molecule has 0 aliphatic heterocycles. The van der Waals surface area contributed by atoms with E-state index in [9.17, 15) is 0 Å². The molecule has 0 aromatic heterocycles. The zero-order valence-corrected chi connectivity index (χ0v) is 8.90. The lowest BCUT2D eigenvalue weighted by atomic mass is 9.84.